The molecule has 0 radical (unpaired) electrons. The van der Waals surface area contributed by atoms with Crippen molar-refractivity contribution in [3.05, 3.63) is 71.9 Å². The molecule has 0 aliphatic carbocycles. The first-order chi connectivity index (χ1) is 21.1. The van der Waals surface area contributed by atoms with Gasteiger partial charge in [0.15, 0.2) is 0 Å². The van der Waals surface area contributed by atoms with Crippen LogP contribution in [0.4, 0.5) is 0 Å². The molecule has 9 N–H and O–H groups in total. The second kappa shape index (κ2) is 17.0. The topological polar surface area (TPSA) is 219 Å². The number of ether oxygens (including phenoxy) is 1. The normalized spacial score (nSPS) is 13.7. The third kappa shape index (κ3) is 10.1. The minimum Gasteiger partial charge on any atom is -0.459 e. The SMILES string of the molecule is CSCCC(NC(=O)C(CC(N)=O)NC(=O)C(Cc1c[nH]c2ccccc12)NC(=O)C(N)CO)C(=O)OCc1ccccc1. The van der Waals surface area contributed by atoms with Crippen LogP contribution in [-0.4, -0.2) is 82.5 Å². The molecule has 44 heavy (non-hydrogen) atoms. The summed E-state index contributed by atoms with van der Waals surface area (Å²) in [6.45, 7) is -0.657. The number of para-hydroxylation sites is 1. The monoisotopic (exact) mass is 626 g/mol. The van der Waals surface area contributed by atoms with Crippen LogP contribution in [0.25, 0.3) is 10.9 Å². The van der Waals surface area contributed by atoms with E-state index in [0.717, 1.165) is 16.5 Å². The third-order valence-corrected chi connectivity index (χ3v) is 7.38. The van der Waals surface area contributed by atoms with E-state index in [0.29, 0.717) is 11.3 Å². The molecule has 0 aliphatic heterocycles. The number of nitrogens with one attached hydrogen (secondary N) is 4. The van der Waals surface area contributed by atoms with Gasteiger partial charge in [-0.3, -0.25) is 19.2 Å². The Kier molecular flexibility index (Phi) is 13.2. The highest BCUT2D eigenvalue weighted by Gasteiger charge is 2.32. The zero-order chi connectivity index (χ0) is 32.1. The first-order valence-electron chi connectivity index (χ1n) is 13.9. The molecule has 4 unspecified atom stereocenters. The number of hydrogen-bond donors (Lipinski definition) is 7. The Labute approximate surface area is 258 Å². The molecule has 14 heteroatoms. The van der Waals surface area contributed by atoms with Crippen LogP contribution < -0.4 is 27.4 Å². The van der Waals surface area contributed by atoms with Gasteiger partial charge in [0.1, 0.15) is 30.8 Å². The van der Waals surface area contributed by atoms with E-state index < -0.39 is 66.8 Å². The van der Waals surface area contributed by atoms with E-state index in [-0.39, 0.29) is 19.4 Å². The minimum atomic E-state index is -1.47. The average Bonchev–Trinajstić information content (AvgIpc) is 3.43. The molecular formula is C30H38N6O7S. The summed E-state index contributed by atoms with van der Waals surface area (Å²) in [6.07, 6.45) is 3.18. The number of rotatable bonds is 17. The standard InChI is InChI=1S/C30H38N6O7S/c1-44-12-11-23(30(42)43-17-18-7-3-2-4-8-18)34-29(41)25(14-26(32)38)36-28(40)24(35-27(39)21(31)16-37)13-19-15-33-22-10-6-5-9-20(19)22/h2-10,15,21,23-25,33,37H,11-14,16-17,31H2,1H3,(H2,32,38)(H,34,41)(H,35,39)(H,36,40). The van der Waals surface area contributed by atoms with Gasteiger partial charge in [0, 0.05) is 23.5 Å². The number of aromatic nitrogens is 1. The maximum absolute atomic E-state index is 13.5. The number of nitrogens with two attached hydrogens (primary N) is 2. The highest BCUT2D eigenvalue weighted by Crippen LogP contribution is 2.19. The van der Waals surface area contributed by atoms with Gasteiger partial charge >= 0.3 is 5.97 Å². The van der Waals surface area contributed by atoms with Gasteiger partial charge in [0.05, 0.1) is 13.0 Å². The number of H-pyrrole nitrogens is 1. The Hall–Kier alpha value is -4.40. The Bertz CT molecular complexity index is 1430. The number of carbonyl (C=O) groups excluding carboxylic acids is 5. The molecule has 1 aromatic heterocycles. The fourth-order valence-electron chi connectivity index (χ4n) is 4.36. The van der Waals surface area contributed by atoms with Crippen LogP contribution in [0.3, 0.4) is 0 Å². The van der Waals surface area contributed by atoms with Crippen LogP contribution in [0.5, 0.6) is 0 Å². The number of thioether (sulfide) groups is 1. The highest BCUT2D eigenvalue weighted by atomic mass is 32.2. The largest absolute Gasteiger partial charge is 0.459 e. The number of aliphatic hydroxyl groups excluding tert-OH is 1. The Balaban J connectivity index is 1.78. The van der Waals surface area contributed by atoms with Crippen molar-refractivity contribution in [1.29, 1.82) is 0 Å². The molecule has 4 atom stereocenters. The lowest BCUT2D eigenvalue weighted by molar-refractivity contribution is -0.149. The summed E-state index contributed by atoms with van der Waals surface area (Å²) < 4.78 is 5.41. The van der Waals surface area contributed by atoms with Crippen LogP contribution in [0.15, 0.2) is 60.8 Å². The van der Waals surface area contributed by atoms with Crippen molar-refractivity contribution >= 4 is 52.3 Å². The molecule has 0 saturated carbocycles. The summed E-state index contributed by atoms with van der Waals surface area (Å²) in [4.78, 5) is 67.4. The number of amides is 4. The Morgan fingerprint density at radius 1 is 0.909 bits per heavy atom. The molecule has 0 aliphatic rings. The van der Waals surface area contributed by atoms with E-state index in [1.807, 2.05) is 36.6 Å². The highest BCUT2D eigenvalue weighted by molar-refractivity contribution is 7.98. The Morgan fingerprint density at radius 2 is 1.55 bits per heavy atom. The van der Waals surface area contributed by atoms with E-state index >= 15 is 0 Å². The molecule has 3 aromatic rings. The first kappa shape index (κ1) is 34.1. The van der Waals surface area contributed by atoms with Crippen molar-refractivity contribution in [2.24, 2.45) is 11.5 Å². The smallest absolute Gasteiger partial charge is 0.329 e. The quantitative estimate of drug-likeness (QED) is 0.0990. The van der Waals surface area contributed by atoms with Crippen LogP contribution in [0, 0.1) is 0 Å². The zero-order valence-electron chi connectivity index (χ0n) is 24.3. The van der Waals surface area contributed by atoms with Gasteiger partial charge < -0.3 is 42.2 Å². The van der Waals surface area contributed by atoms with Crippen LogP contribution in [0.1, 0.15) is 24.0 Å². The predicted octanol–water partition coefficient (Wildman–Crippen LogP) is -0.144. The predicted molar refractivity (Wildman–Crippen MR) is 166 cm³/mol. The molecular weight excluding hydrogens is 588 g/mol. The number of hydrogen-bond acceptors (Lipinski definition) is 9. The molecule has 0 spiro atoms. The van der Waals surface area contributed by atoms with Gasteiger partial charge in [-0.1, -0.05) is 48.5 Å². The lowest BCUT2D eigenvalue weighted by Gasteiger charge is -2.25. The van der Waals surface area contributed by atoms with Crippen LogP contribution >= 0.6 is 11.8 Å². The van der Waals surface area contributed by atoms with Crippen molar-refractivity contribution in [2.75, 3.05) is 18.6 Å². The van der Waals surface area contributed by atoms with Gasteiger partial charge in [0.2, 0.25) is 23.6 Å². The van der Waals surface area contributed by atoms with Gasteiger partial charge in [-0.15, -0.1) is 0 Å². The molecule has 0 saturated heterocycles. The molecule has 13 nitrogen and oxygen atoms in total. The Morgan fingerprint density at radius 3 is 2.23 bits per heavy atom. The minimum absolute atomic E-state index is 0.00203. The number of fused-ring (bicyclic) bond motifs is 1. The second-order valence-electron chi connectivity index (χ2n) is 10.1. The van der Waals surface area contributed by atoms with E-state index in [1.54, 1.807) is 30.5 Å². The average molecular weight is 627 g/mol. The van der Waals surface area contributed by atoms with E-state index in [1.165, 1.54) is 11.8 Å². The van der Waals surface area contributed by atoms with Crippen molar-refractivity contribution in [3.8, 4) is 0 Å². The molecule has 0 fully saturated rings. The van der Waals surface area contributed by atoms with Gasteiger partial charge in [-0.25, -0.2) is 4.79 Å². The summed E-state index contributed by atoms with van der Waals surface area (Å²) >= 11 is 1.46. The molecule has 2 aromatic carbocycles. The molecule has 3 rings (SSSR count). The lowest BCUT2D eigenvalue weighted by atomic mass is 10.0. The maximum atomic E-state index is 13.5. The van der Waals surface area contributed by atoms with Crippen molar-refractivity contribution in [1.82, 2.24) is 20.9 Å². The summed E-state index contributed by atoms with van der Waals surface area (Å²) in [5.74, 6) is -3.46. The molecule has 4 amide bonds. The summed E-state index contributed by atoms with van der Waals surface area (Å²) in [5.41, 5.74) is 13.3. The fourth-order valence-corrected chi connectivity index (χ4v) is 4.83. The van der Waals surface area contributed by atoms with Gasteiger partial charge in [0.25, 0.3) is 0 Å². The first-order valence-corrected chi connectivity index (χ1v) is 15.3. The van der Waals surface area contributed by atoms with E-state index in [9.17, 15) is 29.1 Å². The number of aliphatic hydroxyl groups is 1. The molecule has 236 valence electrons. The fraction of sp³-hybridized carbons (Fsp3) is 0.367. The molecule has 1 heterocycles. The lowest BCUT2D eigenvalue weighted by Crippen LogP contribution is -2.58. The number of aromatic amines is 1. The maximum Gasteiger partial charge on any atom is 0.329 e. The third-order valence-electron chi connectivity index (χ3n) is 6.74. The van der Waals surface area contributed by atoms with Gasteiger partial charge in [-0.2, -0.15) is 11.8 Å². The van der Waals surface area contributed by atoms with Crippen molar-refractivity contribution in [3.63, 3.8) is 0 Å². The van der Waals surface area contributed by atoms with E-state index in [2.05, 4.69) is 20.9 Å². The van der Waals surface area contributed by atoms with Gasteiger partial charge in [-0.05, 0) is 35.6 Å². The number of benzene rings is 2. The number of esters is 1. The zero-order valence-corrected chi connectivity index (χ0v) is 25.1. The van der Waals surface area contributed by atoms with E-state index in [4.69, 9.17) is 16.2 Å². The summed E-state index contributed by atoms with van der Waals surface area (Å²) in [7, 11) is 0. The van der Waals surface area contributed by atoms with Crippen LogP contribution in [-0.2, 0) is 41.7 Å². The molecule has 0 bridgehead atoms. The second-order valence-corrected chi connectivity index (χ2v) is 11.1. The van der Waals surface area contributed by atoms with Crippen molar-refractivity contribution < 1.29 is 33.8 Å². The van der Waals surface area contributed by atoms with Crippen molar-refractivity contribution in [2.45, 2.75) is 50.0 Å². The number of primary amides is 1. The summed E-state index contributed by atoms with van der Waals surface area (Å²) in [5, 5.41) is 17.7. The number of carbonyl (C=O) groups is 5. The summed E-state index contributed by atoms with van der Waals surface area (Å²) in [6, 6.07) is 11.3. The van der Waals surface area contributed by atoms with Crippen LogP contribution in [0.2, 0.25) is 0 Å².